The lowest BCUT2D eigenvalue weighted by Gasteiger charge is -2.42. The minimum atomic E-state index is -0.856. The van der Waals surface area contributed by atoms with Crippen LogP contribution in [-0.2, 0) is 11.2 Å². The van der Waals surface area contributed by atoms with Gasteiger partial charge in [-0.05, 0) is 92.0 Å². The van der Waals surface area contributed by atoms with Gasteiger partial charge >= 0.3 is 6.03 Å². The highest BCUT2D eigenvalue weighted by Crippen LogP contribution is 2.49. The fourth-order valence-electron chi connectivity index (χ4n) is 5.28. The number of fused-ring (bicyclic) bond motifs is 2. The van der Waals surface area contributed by atoms with E-state index in [0.717, 1.165) is 40.4 Å². The van der Waals surface area contributed by atoms with E-state index < -0.39 is 17.5 Å². The van der Waals surface area contributed by atoms with Crippen LogP contribution in [0.2, 0.25) is 0 Å². The van der Waals surface area contributed by atoms with Crippen LogP contribution in [-0.4, -0.2) is 47.2 Å². The molecule has 1 atom stereocenters. The monoisotopic (exact) mass is 555 g/mol. The standard InChI is InChI=1S/C28H34BrN3O4/c1-17(5-4-6-18-7-9-20(29)10-8-18)19-13-23(33)26-21-15-32(16-25(34)31-27(30)35)12-11-22(21)28(2,3)36-24(26)14-19/h7-10,13-14,17,33H,4-6,11-12,15-16H2,1-3H3,(H3,30,31,34,35). The lowest BCUT2D eigenvalue weighted by Crippen LogP contribution is -2.46. The molecule has 4 rings (SSSR count). The summed E-state index contributed by atoms with van der Waals surface area (Å²) in [6.45, 7) is 7.47. The van der Waals surface area contributed by atoms with Gasteiger partial charge in [0.15, 0.2) is 0 Å². The summed E-state index contributed by atoms with van der Waals surface area (Å²) in [4.78, 5) is 25.1. The molecule has 0 saturated carbocycles. The number of urea groups is 1. The topological polar surface area (TPSA) is 105 Å². The number of imide groups is 1. The Morgan fingerprint density at radius 2 is 1.97 bits per heavy atom. The first-order chi connectivity index (χ1) is 17.0. The lowest BCUT2D eigenvalue weighted by atomic mass is 9.80. The van der Waals surface area contributed by atoms with Crippen LogP contribution in [0.15, 0.2) is 46.4 Å². The van der Waals surface area contributed by atoms with Crippen molar-refractivity contribution < 1.29 is 19.4 Å². The van der Waals surface area contributed by atoms with Gasteiger partial charge in [0.25, 0.3) is 0 Å². The second-order valence-corrected chi connectivity index (χ2v) is 11.2. The van der Waals surface area contributed by atoms with Gasteiger partial charge in [-0.3, -0.25) is 15.0 Å². The Labute approximate surface area is 220 Å². The number of hydrogen-bond acceptors (Lipinski definition) is 5. The molecule has 1 unspecified atom stereocenters. The summed E-state index contributed by atoms with van der Waals surface area (Å²) in [6, 6.07) is 11.5. The van der Waals surface area contributed by atoms with Gasteiger partial charge in [-0.2, -0.15) is 0 Å². The highest BCUT2D eigenvalue weighted by molar-refractivity contribution is 9.10. The first-order valence-electron chi connectivity index (χ1n) is 12.4. The number of primary amides is 1. The molecule has 8 heteroatoms. The molecule has 192 valence electrons. The number of hydrogen-bond donors (Lipinski definition) is 3. The van der Waals surface area contributed by atoms with Gasteiger partial charge in [0.2, 0.25) is 5.91 Å². The predicted molar refractivity (Wildman–Crippen MR) is 144 cm³/mol. The van der Waals surface area contributed by atoms with E-state index in [1.165, 1.54) is 5.56 Å². The fraction of sp³-hybridized carbons (Fsp3) is 0.429. The number of nitrogens with two attached hydrogens (primary N) is 1. The molecule has 4 N–H and O–H groups in total. The molecule has 3 amide bonds. The number of benzene rings is 2. The molecule has 2 heterocycles. The van der Waals surface area contributed by atoms with Crippen molar-refractivity contribution in [3.8, 4) is 11.5 Å². The quantitative estimate of drug-likeness (QED) is 0.440. The van der Waals surface area contributed by atoms with Gasteiger partial charge in [0.1, 0.15) is 17.1 Å². The summed E-state index contributed by atoms with van der Waals surface area (Å²) in [7, 11) is 0. The maximum atomic E-state index is 12.1. The van der Waals surface area contributed by atoms with Crippen molar-refractivity contribution in [2.24, 2.45) is 5.73 Å². The van der Waals surface area contributed by atoms with E-state index >= 15 is 0 Å². The molecule has 0 saturated heterocycles. The van der Waals surface area contributed by atoms with Crippen LogP contribution >= 0.6 is 15.9 Å². The van der Waals surface area contributed by atoms with Crippen molar-refractivity contribution in [1.82, 2.24) is 10.2 Å². The van der Waals surface area contributed by atoms with Crippen molar-refractivity contribution in [2.75, 3.05) is 19.6 Å². The summed E-state index contributed by atoms with van der Waals surface area (Å²) in [5.74, 6) is 0.708. The third-order valence-corrected chi connectivity index (χ3v) is 7.66. The Morgan fingerprint density at radius 3 is 2.67 bits per heavy atom. The summed E-state index contributed by atoms with van der Waals surface area (Å²) >= 11 is 3.48. The summed E-state index contributed by atoms with van der Waals surface area (Å²) in [5, 5.41) is 13.3. The zero-order valence-corrected chi connectivity index (χ0v) is 22.7. The number of halogens is 1. The Bertz CT molecular complexity index is 1190. The number of nitrogens with zero attached hydrogens (tertiary/aromatic N) is 1. The average molecular weight is 557 g/mol. The van der Waals surface area contributed by atoms with Gasteiger partial charge in [-0.25, -0.2) is 4.79 Å². The molecular formula is C28H34BrN3O4. The third kappa shape index (κ3) is 5.93. The molecule has 2 aliphatic rings. The first-order valence-corrected chi connectivity index (χ1v) is 13.2. The summed E-state index contributed by atoms with van der Waals surface area (Å²) in [5.41, 5.74) is 9.76. The van der Waals surface area contributed by atoms with E-state index in [1.807, 2.05) is 24.8 Å². The summed E-state index contributed by atoms with van der Waals surface area (Å²) < 4.78 is 7.52. The Balaban J connectivity index is 1.51. The maximum absolute atomic E-state index is 12.1. The summed E-state index contributed by atoms with van der Waals surface area (Å²) in [6.07, 6.45) is 3.76. The molecule has 0 spiro atoms. The number of amides is 3. The van der Waals surface area contributed by atoms with Crippen LogP contribution in [0.1, 0.15) is 62.6 Å². The molecule has 0 radical (unpaired) electrons. The molecule has 0 fully saturated rings. The van der Waals surface area contributed by atoms with Crippen molar-refractivity contribution in [1.29, 1.82) is 0 Å². The second kappa shape index (κ2) is 10.6. The molecule has 2 aromatic carbocycles. The van der Waals surface area contributed by atoms with Gasteiger partial charge in [0, 0.05) is 17.6 Å². The zero-order chi connectivity index (χ0) is 26.0. The lowest BCUT2D eigenvalue weighted by molar-refractivity contribution is -0.121. The number of aromatic hydroxyl groups is 1. The van der Waals surface area contributed by atoms with Crippen molar-refractivity contribution >= 4 is 33.4 Å². The van der Waals surface area contributed by atoms with Crippen LogP contribution in [0.25, 0.3) is 5.57 Å². The predicted octanol–water partition coefficient (Wildman–Crippen LogP) is 5.11. The highest BCUT2D eigenvalue weighted by atomic mass is 79.9. The molecule has 0 aromatic heterocycles. The minimum Gasteiger partial charge on any atom is -0.507 e. The smallest absolute Gasteiger partial charge is 0.318 e. The van der Waals surface area contributed by atoms with Crippen molar-refractivity contribution in [2.45, 2.75) is 58.0 Å². The molecule has 7 nitrogen and oxygen atoms in total. The van der Waals surface area contributed by atoms with Crippen LogP contribution in [0.4, 0.5) is 4.79 Å². The normalized spacial score (nSPS) is 17.6. The number of phenols is 1. The van der Waals surface area contributed by atoms with E-state index in [1.54, 1.807) is 0 Å². The number of phenolic OH excluding ortho intramolecular Hbond substituents is 1. The minimum absolute atomic E-state index is 0.0601. The van der Waals surface area contributed by atoms with Crippen LogP contribution in [0.3, 0.4) is 0 Å². The van der Waals surface area contributed by atoms with Gasteiger partial charge < -0.3 is 15.6 Å². The number of carbonyl (C=O) groups excluding carboxylic acids is 2. The Kier molecular flexibility index (Phi) is 7.76. The molecule has 0 aliphatic carbocycles. The number of carbonyl (C=O) groups is 2. The number of rotatable bonds is 7. The van der Waals surface area contributed by atoms with Crippen LogP contribution in [0.5, 0.6) is 11.5 Å². The second-order valence-electron chi connectivity index (χ2n) is 10.3. The van der Waals surface area contributed by atoms with E-state index in [2.05, 4.69) is 58.5 Å². The number of ether oxygens (including phenoxy) is 1. The average Bonchev–Trinajstić information content (AvgIpc) is 2.78. The molecule has 2 aliphatic heterocycles. The highest BCUT2D eigenvalue weighted by Gasteiger charge is 2.39. The van der Waals surface area contributed by atoms with E-state index in [9.17, 15) is 14.7 Å². The molecular weight excluding hydrogens is 522 g/mol. The Hall–Kier alpha value is -2.84. The van der Waals surface area contributed by atoms with Gasteiger partial charge in [0.05, 0.1) is 12.1 Å². The molecule has 2 aromatic rings. The van der Waals surface area contributed by atoms with Gasteiger partial charge in [-0.15, -0.1) is 0 Å². The third-order valence-electron chi connectivity index (χ3n) is 7.14. The van der Waals surface area contributed by atoms with Crippen molar-refractivity contribution in [3.63, 3.8) is 0 Å². The molecule has 36 heavy (non-hydrogen) atoms. The van der Waals surface area contributed by atoms with Crippen LogP contribution < -0.4 is 15.8 Å². The fourth-order valence-corrected chi connectivity index (χ4v) is 5.55. The van der Waals surface area contributed by atoms with E-state index in [4.69, 9.17) is 10.5 Å². The number of nitrogens with one attached hydrogen (secondary N) is 1. The first kappa shape index (κ1) is 26.2. The van der Waals surface area contributed by atoms with E-state index in [0.29, 0.717) is 30.8 Å². The Morgan fingerprint density at radius 1 is 1.25 bits per heavy atom. The van der Waals surface area contributed by atoms with Crippen molar-refractivity contribution in [3.05, 3.63) is 63.1 Å². The van der Waals surface area contributed by atoms with Gasteiger partial charge in [-0.1, -0.05) is 35.0 Å². The van der Waals surface area contributed by atoms with Crippen LogP contribution in [0, 0.1) is 0 Å². The maximum Gasteiger partial charge on any atom is 0.318 e. The zero-order valence-electron chi connectivity index (χ0n) is 21.1. The number of aryl methyl sites for hydroxylation is 1. The SMILES string of the molecule is CC(CCCc1ccc(Br)cc1)c1cc(O)c2c(c1)OC(C)(C)C1=C2CN(CC(=O)NC(N)=O)CC1. The largest absolute Gasteiger partial charge is 0.507 e. The van der Waals surface area contributed by atoms with E-state index in [-0.39, 0.29) is 18.2 Å². The molecule has 0 bridgehead atoms.